The van der Waals surface area contributed by atoms with Gasteiger partial charge in [-0.2, -0.15) is 13.2 Å². The second-order valence-corrected chi connectivity index (χ2v) is 5.71. The lowest BCUT2D eigenvalue weighted by Crippen LogP contribution is -2.14. The van der Waals surface area contributed by atoms with Gasteiger partial charge in [-0.15, -0.1) is 0 Å². The molecule has 0 unspecified atom stereocenters. The Balaban J connectivity index is 2.36. The van der Waals surface area contributed by atoms with Gasteiger partial charge in [0.15, 0.2) is 0 Å². The van der Waals surface area contributed by atoms with E-state index in [-0.39, 0.29) is 12.1 Å². The van der Waals surface area contributed by atoms with Gasteiger partial charge in [-0.1, -0.05) is 29.4 Å². The lowest BCUT2D eigenvalue weighted by molar-refractivity contribution is -0.138. The first kappa shape index (κ1) is 16.1. The summed E-state index contributed by atoms with van der Waals surface area (Å²) in [6.45, 7) is 0.157. The number of nitrogens with one attached hydrogen (secondary N) is 1. The Hall–Kier alpha value is -1.24. The molecule has 7 heteroatoms. The molecule has 0 amide bonds. The Morgan fingerprint density at radius 2 is 2.05 bits per heavy atom. The first-order chi connectivity index (χ1) is 9.91. The number of benzene rings is 1. The maximum Gasteiger partial charge on any atom is 0.416 e. The van der Waals surface area contributed by atoms with Crippen molar-refractivity contribution >= 4 is 23.4 Å². The number of hydrogen-bond donors (Lipinski definition) is 1. The molecule has 2 nitrogen and oxygen atoms in total. The number of hydrogen-bond acceptors (Lipinski definition) is 3. The van der Waals surface area contributed by atoms with E-state index in [9.17, 15) is 13.2 Å². The Morgan fingerprint density at radius 1 is 1.29 bits per heavy atom. The molecule has 0 fully saturated rings. The SMILES string of the molecule is CNCc1ccc(Sc2ncccc2Cl)cc1C(F)(F)F. The van der Waals surface area contributed by atoms with Crippen LogP contribution in [0.5, 0.6) is 0 Å². The van der Waals surface area contributed by atoms with Crippen molar-refractivity contribution < 1.29 is 13.2 Å². The summed E-state index contributed by atoms with van der Waals surface area (Å²) >= 11 is 7.08. The molecule has 0 aliphatic heterocycles. The highest BCUT2D eigenvalue weighted by Gasteiger charge is 2.33. The molecule has 2 aromatic rings. The Morgan fingerprint density at radius 3 is 2.67 bits per heavy atom. The monoisotopic (exact) mass is 332 g/mol. The third kappa shape index (κ3) is 4.12. The number of halogens is 4. The molecule has 0 spiro atoms. The van der Waals surface area contributed by atoms with E-state index < -0.39 is 11.7 Å². The fourth-order valence-electron chi connectivity index (χ4n) is 1.79. The van der Waals surface area contributed by atoms with Crippen molar-refractivity contribution in [2.75, 3.05) is 7.05 Å². The first-order valence-electron chi connectivity index (χ1n) is 6.05. The summed E-state index contributed by atoms with van der Waals surface area (Å²) in [6, 6.07) is 7.55. The molecule has 21 heavy (non-hydrogen) atoms. The van der Waals surface area contributed by atoms with Crippen LogP contribution < -0.4 is 5.32 Å². The van der Waals surface area contributed by atoms with Gasteiger partial charge in [-0.25, -0.2) is 4.98 Å². The van der Waals surface area contributed by atoms with Crippen molar-refractivity contribution in [3.05, 3.63) is 52.7 Å². The van der Waals surface area contributed by atoms with Crippen LogP contribution in [0.4, 0.5) is 13.2 Å². The van der Waals surface area contributed by atoms with E-state index in [0.29, 0.717) is 14.9 Å². The van der Waals surface area contributed by atoms with Crippen molar-refractivity contribution in [3.63, 3.8) is 0 Å². The maximum atomic E-state index is 13.1. The minimum Gasteiger partial charge on any atom is -0.316 e. The fraction of sp³-hybridized carbons (Fsp3) is 0.214. The van der Waals surface area contributed by atoms with Gasteiger partial charge >= 0.3 is 6.18 Å². The molecule has 0 aliphatic rings. The summed E-state index contributed by atoms with van der Waals surface area (Å²) in [7, 11) is 1.61. The molecule has 0 atom stereocenters. The van der Waals surface area contributed by atoms with Crippen molar-refractivity contribution in [3.8, 4) is 0 Å². The van der Waals surface area contributed by atoms with E-state index >= 15 is 0 Å². The van der Waals surface area contributed by atoms with Crippen LogP contribution in [0.3, 0.4) is 0 Å². The molecule has 0 aliphatic carbocycles. The summed E-state index contributed by atoms with van der Waals surface area (Å²) in [4.78, 5) is 4.51. The van der Waals surface area contributed by atoms with Crippen LogP contribution in [0.15, 0.2) is 46.5 Å². The van der Waals surface area contributed by atoms with Gasteiger partial charge in [0.05, 0.1) is 10.6 Å². The van der Waals surface area contributed by atoms with E-state index in [1.165, 1.54) is 6.07 Å². The van der Waals surface area contributed by atoms with Gasteiger partial charge in [0, 0.05) is 17.6 Å². The van der Waals surface area contributed by atoms with Crippen LogP contribution in [0.1, 0.15) is 11.1 Å². The van der Waals surface area contributed by atoms with Crippen molar-refractivity contribution in [1.29, 1.82) is 0 Å². The summed E-state index contributed by atoms with van der Waals surface area (Å²) in [5.74, 6) is 0. The van der Waals surface area contributed by atoms with Crippen LogP contribution in [0.25, 0.3) is 0 Å². The summed E-state index contributed by atoms with van der Waals surface area (Å²) in [5.41, 5.74) is -0.435. The van der Waals surface area contributed by atoms with Crippen molar-refractivity contribution in [1.82, 2.24) is 10.3 Å². The molecule has 0 saturated carbocycles. The lowest BCUT2D eigenvalue weighted by atomic mass is 10.1. The normalized spacial score (nSPS) is 11.7. The van der Waals surface area contributed by atoms with Crippen LogP contribution in [0, 0.1) is 0 Å². The number of nitrogens with zero attached hydrogens (tertiary/aromatic N) is 1. The molecule has 0 bridgehead atoms. The molecule has 1 aromatic carbocycles. The van der Waals surface area contributed by atoms with Gasteiger partial charge in [0.2, 0.25) is 0 Å². The number of rotatable bonds is 4. The Kier molecular flexibility index (Phi) is 5.13. The second-order valence-electron chi connectivity index (χ2n) is 4.24. The smallest absolute Gasteiger partial charge is 0.316 e. The van der Waals surface area contributed by atoms with Crippen LogP contribution >= 0.6 is 23.4 Å². The fourth-order valence-corrected chi connectivity index (χ4v) is 2.84. The largest absolute Gasteiger partial charge is 0.416 e. The van der Waals surface area contributed by atoms with Gasteiger partial charge in [0.1, 0.15) is 5.03 Å². The Bertz CT molecular complexity index is 632. The molecular weight excluding hydrogens is 321 g/mol. The predicted octanol–water partition coefficient (Wildman–Crippen LogP) is 4.62. The molecule has 0 saturated heterocycles. The molecule has 1 N–H and O–H groups in total. The molecule has 1 aromatic heterocycles. The topological polar surface area (TPSA) is 24.9 Å². The third-order valence-corrected chi connectivity index (χ3v) is 4.12. The summed E-state index contributed by atoms with van der Waals surface area (Å²) in [6.07, 6.45) is -2.84. The van der Waals surface area contributed by atoms with E-state index in [0.717, 1.165) is 17.8 Å². The van der Waals surface area contributed by atoms with Gasteiger partial charge in [0.25, 0.3) is 0 Å². The number of alkyl halides is 3. The molecule has 112 valence electrons. The molecule has 1 heterocycles. The number of pyridine rings is 1. The van der Waals surface area contributed by atoms with Gasteiger partial charge < -0.3 is 5.32 Å². The zero-order chi connectivity index (χ0) is 15.5. The van der Waals surface area contributed by atoms with Crippen molar-refractivity contribution in [2.24, 2.45) is 0 Å². The molecule has 2 rings (SSSR count). The highest BCUT2D eigenvalue weighted by atomic mass is 35.5. The van der Waals surface area contributed by atoms with Crippen molar-refractivity contribution in [2.45, 2.75) is 22.6 Å². The zero-order valence-electron chi connectivity index (χ0n) is 11.0. The number of aromatic nitrogens is 1. The lowest BCUT2D eigenvalue weighted by Gasteiger charge is -2.14. The van der Waals surface area contributed by atoms with Crippen LogP contribution in [-0.4, -0.2) is 12.0 Å². The average Bonchev–Trinajstić information content (AvgIpc) is 2.42. The highest BCUT2D eigenvalue weighted by molar-refractivity contribution is 7.99. The van der Waals surface area contributed by atoms with Gasteiger partial charge in [-0.05, 0) is 36.9 Å². The average molecular weight is 333 g/mol. The Labute approximate surface area is 129 Å². The zero-order valence-corrected chi connectivity index (χ0v) is 12.6. The first-order valence-corrected chi connectivity index (χ1v) is 7.24. The van der Waals surface area contributed by atoms with Crippen LogP contribution in [-0.2, 0) is 12.7 Å². The van der Waals surface area contributed by atoms with Crippen LogP contribution in [0.2, 0.25) is 5.02 Å². The van der Waals surface area contributed by atoms with E-state index in [1.54, 1.807) is 31.4 Å². The molecular formula is C14H12ClF3N2S. The second kappa shape index (κ2) is 6.68. The third-order valence-electron chi connectivity index (χ3n) is 2.69. The van der Waals surface area contributed by atoms with E-state index in [4.69, 9.17) is 11.6 Å². The molecule has 0 radical (unpaired) electrons. The summed E-state index contributed by atoms with van der Waals surface area (Å²) < 4.78 is 39.3. The summed E-state index contributed by atoms with van der Waals surface area (Å²) in [5, 5.41) is 3.63. The van der Waals surface area contributed by atoms with E-state index in [1.807, 2.05) is 0 Å². The maximum absolute atomic E-state index is 13.1. The quantitative estimate of drug-likeness (QED) is 0.884. The standard InChI is InChI=1S/C14H12ClF3N2S/c1-19-8-9-4-5-10(7-11(9)14(16,17)18)21-13-12(15)3-2-6-20-13/h2-7,19H,8H2,1H3. The minimum atomic E-state index is -4.39. The highest BCUT2D eigenvalue weighted by Crippen LogP contribution is 2.37. The van der Waals surface area contributed by atoms with Gasteiger partial charge in [-0.3, -0.25) is 0 Å². The minimum absolute atomic E-state index is 0.157. The predicted molar refractivity (Wildman–Crippen MR) is 77.6 cm³/mol. The van der Waals surface area contributed by atoms with E-state index in [2.05, 4.69) is 10.3 Å².